The summed E-state index contributed by atoms with van der Waals surface area (Å²) in [4.78, 5) is 13.1. The van der Waals surface area contributed by atoms with Crippen LogP contribution >= 0.6 is 0 Å². The summed E-state index contributed by atoms with van der Waals surface area (Å²) in [7, 11) is 0. The van der Waals surface area contributed by atoms with Gasteiger partial charge in [0, 0.05) is 5.56 Å². The Morgan fingerprint density at radius 3 is 1.55 bits per heavy atom. The Balaban J connectivity index is 2.44. The number of rotatable bonds is 3. The topological polar surface area (TPSA) is 46.5 Å². The van der Waals surface area contributed by atoms with Gasteiger partial charge in [-0.1, -0.05) is 107 Å². The summed E-state index contributed by atoms with van der Waals surface area (Å²) < 4.78 is 5.92. The van der Waals surface area contributed by atoms with E-state index in [0.717, 1.165) is 22.3 Å². The second kappa shape index (κ2) is 8.81. The molecule has 0 saturated carbocycles. The Hall–Kier alpha value is -2.29. The van der Waals surface area contributed by atoms with Crippen LogP contribution in [0.4, 0.5) is 0 Å². The Morgan fingerprint density at radius 2 is 1.15 bits per heavy atom. The molecule has 0 amide bonds. The molecule has 0 heterocycles. The number of esters is 1. The molecule has 0 fully saturated rings. The molecular weight excluding hydrogens is 408 g/mol. The molecule has 3 heteroatoms. The van der Waals surface area contributed by atoms with Gasteiger partial charge in [-0.25, -0.2) is 0 Å². The number of hydrogen-bond acceptors (Lipinski definition) is 3. The van der Waals surface area contributed by atoms with Gasteiger partial charge in [0.1, 0.15) is 11.5 Å². The first kappa shape index (κ1) is 27.0. The molecule has 0 saturated heterocycles. The first-order valence-electron chi connectivity index (χ1n) is 11.9. The van der Waals surface area contributed by atoms with E-state index in [9.17, 15) is 9.90 Å². The van der Waals surface area contributed by atoms with Crippen LogP contribution in [0.1, 0.15) is 111 Å². The van der Waals surface area contributed by atoms with Gasteiger partial charge >= 0.3 is 5.97 Å². The smallest absolute Gasteiger partial charge is 0.315 e. The number of aromatic hydroxyl groups is 1. The third-order valence-electron chi connectivity index (χ3n) is 6.01. The van der Waals surface area contributed by atoms with Crippen LogP contribution in [0.5, 0.6) is 11.5 Å². The fraction of sp³-hybridized carbons (Fsp3) is 0.567. The molecule has 2 aromatic carbocycles. The minimum atomic E-state index is -0.297. The van der Waals surface area contributed by atoms with E-state index >= 15 is 0 Å². The van der Waals surface area contributed by atoms with Gasteiger partial charge in [0.2, 0.25) is 0 Å². The van der Waals surface area contributed by atoms with Crippen molar-refractivity contribution in [1.29, 1.82) is 0 Å². The maximum atomic E-state index is 13.1. The summed E-state index contributed by atoms with van der Waals surface area (Å²) in [5, 5.41) is 11.0. The fourth-order valence-corrected chi connectivity index (χ4v) is 3.94. The number of hydrogen-bond donors (Lipinski definition) is 1. The zero-order chi connectivity index (χ0) is 25.6. The Morgan fingerprint density at radius 1 is 0.697 bits per heavy atom. The lowest BCUT2D eigenvalue weighted by Gasteiger charge is -2.28. The maximum absolute atomic E-state index is 13.1. The molecule has 0 aliphatic heterocycles. The van der Waals surface area contributed by atoms with Gasteiger partial charge in [-0.2, -0.15) is 0 Å². The van der Waals surface area contributed by atoms with E-state index in [0.29, 0.717) is 11.5 Å². The van der Waals surface area contributed by atoms with Gasteiger partial charge in [-0.15, -0.1) is 0 Å². The zero-order valence-corrected chi connectivity index (χ0v) is 22.9. The van der Waals surface area contributed by atoms with Crippen LogP contribution in [0.15, 0.2) is 30.3 Å². The maximum Gasteiger partial charge on any atom is 0.315 e. The Kier molecular flexibility index (Phi) is 7.20. The van der Waals surface area contributed by atoms with E-state index in [1.54, 1.807) is 0 Å². The lowest BCUT2D eigenvalue weighted by molar-refractivity contribution is -0.133. The van der Waals surface area contributed by atoms with Crippen LogP contribution in [0.25, 0.3) is 0 Å². The third kappa shape index (κ3) is 6.62. The molecule has 2 aromatic rings. The van der Waals surface area contributed by atoms with Crippen molar-refractivity contribution in [2.75, 3.05) is 0 Å². The highest BCUT2D eigenvalue weighted by atomic mass is 16.5. The van der Waals surface area contributed by atoms with Crippen LogP contribution < -0.4 is 4.74 Å². The van der Waals surface area contributed by atoms with E-state index < -0.39 is 0 Å². The van der Waals surface area contributed by atoms with Gasteiger partial charge < -0.3 is 9.84 Å². The average Bonchev–Trinajstić information content (AvgIpc) is 2.59. The van der Waals surface area contributed by atoms with Crippen LogP contribution in [0, 0.1) is 0 Å². The molecule has 0 aromatic heterocycles. The van der Waals surface area contributed by atoms with Gasteiger partial charge in [-0.3, -0.25) is 4.79 Å². The summed E-state index contributed by atoms with van der Waals surface area (Å²) in [6, 6.07) is 10.0. The monoisotopic (exact) mass is 452 g/mol. The fourth-order valence-electron chi connectivity index (χ4n) is 3.94. The van der Waals surface area contributed by atoms with Gasteiger partial charge in [-0.05, 0) is 50.0 Å². The van der Waals surface area contributed by atoms with Gasteiger partial charge in [0.25, 0.3) is 0 Å². The SMILES string of the molecule is CC(C)(C)c1ccc(OC(=O)Cc2cc(C(C)(C)C)c(O)c(C(C)(C)C)c2)c(C(C)(C)C)c1. The molecule has 3 nitrogen and oxygen atoms in total. The van der Waals surface area contributed by atoms with E-state index in [4.69, 9.17) is 4.74 Å². The minimum Gasteiger partial charge on any atom is -0.507 e. The number of ether oxygens (including phenoxy) is 1. The zero-order valence-electron chi connectivity index (χ0n) is 22.9. The highest BCUT2D eigenvalue weighted by Gasteiger charge is 2.28. The Labute approximate surface area is 201 Å². The highest BCUT2D eigenvalue weighted by Crippen LogP contribution is 2.40. The summed E-state index contributed by atoms with van der Waals surface area (Å²) >= 11 is 0. The summed E-state index contributed by atoms with van der Waals surface area (Å²) in [6.07, 6.45) is 0.150. The average molecular weight is 453 g/mol. The first-order chi connectivity index (χ1) is 14.7. The predicted molar refractivity (Wildman–Crippen MR) is 139 cm³/mol. The highest BCUT2D eigenvalue weighted by molar-refractivity contribution is 5.76. The number of carbonyl (C=O) groups is 1. The number of phenols is 1. The summed E-state index contributed by atoms with van der Waals surface area (Å²) in [5.74, 6) is 0.640. The number of phenolic OH excluding ortho intramolecular Hbond substituents is 1. The standard InChI is InChI=1S/C30H44O3/c1-27(2,3)20-13-14-24(21(18-20)28(4,5)6)33-25(31)17-19-15-22(29(7,8)9)26(32)23(16-19)30(10,11)12/h13-16,18,32H,17H2,1-12H3. The van der Waals surface area contributed by atoms with Crippen LogP contribution in [-0.2, 0) is 32.9 Å². The quantitative estimate of drug-likeness (QED) is 0.383. The van der Waals surface area contributed by atoms with E-state index in [-0.39, 0.29) is 34.1 Å². The molecule has 1 N–H and O–H groups in total. The van der Waals surface area contributed by atoms with Gasteiger partial charge in [0.15, 0.2) is 0 Å². The molecule has 2 rings (SSSR count). The normalized spacial score (nSPS) is 13.2. The molecule has 182 valence electrons. The van der Waals surface area contributed by atoms with E-state index in [1.165, 1.54) is 5.56 Å². The van der Waals surface area contributed by atoms with Crippen molar-refractivity contribution in [3.63, 3.8) is 0 Å². The second-order valence-corrected chi connectivity index (χ2v) is 13.4. The molecule has 33 heavy (non-hydrogen) atoms. The molecule has 0 spiro atoms. The van der Waals surface area contributed by atoms with E-state index in [2.05, 4.69) is 89.2 Å². The minimum absolute atomic E-state index is 0.0152. The predicted octanol–water partition coefficient (Wildman–Crippen LogP) is 7.73. The second-order valence-electron chi connectivity index (χ2n) is 13.4. The Bertz CT molecular complexity index is 981. The summed E-state index contributed by atoms with van der Waals surface area (Å²) in [6.45, 7) is 25.4. The van der Waals surface area contributed by atoms with Crippen molar-refractivity contribution < 1.29 is 14.6 Å². The third-order valence-corrected chi connectivity index (χ3v) is 6.01. The molecule has 0 atom stereocenters. The largest absolute Gasteiger partial charge is 0.507 e. The lowest BCUT2D eigenvalue weighted by atomic mass is 9.78. The summed E-state index contributed by atoms with van der Waals surface area (Å²) in [5.41, 5.74) is 4.17. The van der Waals surface area contributed by atoms with Crippen molar-refractivity contribution >= 4 is 5.97 Å². The molecule has 0 radical (unpaired) electrons. The van der Waals surface area contributed by atoms with E-state index in [1.807, 2.05) is 24.3 Å². The number of benzene rings is 2. The van der Waals surface area contributed by atoms with Crippen molar-refractivity contribution in [1.82, 2.24) is 0 Å². The van der Waals surface area contributed by atoms with Crippen molar-refractivity contribution in [3.8, 4) is 11.5 Å². The van der Waals surface area contributed by atoms with Crippen LogP contribution in [0.3, 0.4) is 0 Å². The molecule has 0 unspecified atom stereocenters. The van der Waals surface area contributed by atoms with Crippen molar-refractivity contribution in [3.05, 3.63) is 58.1 Å². The van der Waals surface area contributed by atoms with Gasteiger partial charge in [0.05, 0.1) is 6.42 Å². The van der Waals surface area contributed by atoms with Crippen LogP contribution in [0.2, 0.25) is 0 Å². The molecular formula is C30H44O3. The molecule has 0 aliphatic carbocycles. The molecule has 0 aliphatic rings. The lowest BCUT2D eigenvalue weighted by Crippen LogP contribution is -2.21. The van der Waals surface area contributed by atoms with Crippen molar-refractivity contribution in [2.24, 2.45) is 0 Å². The van der Waals surface area contributed by atoms with Crippen molar-refractivity contribution in [2.45, 2.75) is 111 Å². The van der Waals surface area contributed by atoms with Crippen LogP contribution in [-0.4, -0.2) is 11.1 Å². The number of carbonyl (C=O) groups excluding carboxylic acids is 1. The first-order valence-corrected chi connectivity index (χ1v) is 11.9. The molecule has 0 bridgehead atoms.